The molecule has 1 aromatic heterocycles. The summed E-state index contributed by atoms with van der Waals surface area (Å²) in [7, 11) is 0. The molecule has 6 atom stereocenters. The van der Waals surface area contributed by atoms with Gasteiger partial charge in [-0.05, 0) is 55.5 Å². The first kappa shape index (κ1) is 23.5. The van der Waals surface area contributed by atoms with Crippen molar-refractivity contribution in [3.8, 4) is 0 Å². The maximum absolute atomic E-state index is 13.0. The first-order valence-electron chi connectivity index (χ1n) is 11.5. The van der Waals surface area contributed by atoms with Gasteiger partial charge < -0.3 is 4.90 Å². The van der Waals surface area contributed by atoms with Gasteiger partial charge in [0.1, 0.15) is 0 Å². The second-order valence-corrected chi connectivity index (χ2v) is 9.57. The standard InChI is InChI=1S/C23H29N5O2.2ClH/c29-21-19-15-4-5-16(18-14-17(15)18)20(19)22(30)28(21)9-2-1-8-26-10-12-27(13-11-26)23-24-6-3-7-25-23;;/h3-7,15-20H,1-2,8-14H2;2*1H. The first-order valence-corrected chi connectivity index (χ1v) is 11.5. The molecule has 2 amide bonds. The molecule has 32 heavy (non-hydrogen) atoms. The zero-order valence-electron chi connectivity index (χ0n) is 18.1. The highest BCUT2D eigenvalue weighted by Crippen LogP contribution is 2.65. The molecule has 4 aliphatic carbocycles. The number of aromatic nitrogens is 2. The normalized spacial score (nSPS) is 34.6. The Kier molecular flexibility index (Phi) is 6.80. The van der Waals surface area contributed by atoms with Gasteiger partial charge in [0.15, 0.2) is 0 Å². The Morgan fingerprint density at radius 3 is 1.97 bits per heavy atom. The quantitative estimate of drug-likeness (QED) is 0.354. The molecule has 2 saturated heterocycles. The summed E-state index contributed by atoms with van der Waals surface area (Å²) in [6.45, 7) is 5.49. The molecule has 7 nitrogen and oxygen atoms in total. The topological polar surface area (TPSA) is 69.6 Å². The number of likely N-dealkylation sites (tertiary alicyclic amines) is 1. The molecule has 4 fully saturated rings. The molecule has 3 heterocycles. The lowest BCUT2D eigenvalue weighted by Gasteiger charge is -2.37. The van der Waals surface area contributed by atoms with Crippen LogP contribution in [0.5, 0.6) is 0 Å². The Labute approximate surface area is 201 Å². The van der Waals surface area contributed by atoms with Crippen LogP contribution < -0.4 is 4.90 Å². The lowest BCUT2D eigenvalue weighted by molar-refractivity contribution is -0.140. The molecule has 7 rings (SSSR count). The van der Waals surface area contributed by atoms with Crippen LogP contribution in [0.1, 0.15) is 19.3 Å². The minimum atomic E-state index is -0.0514. The zero-order valence-corrected chi connectivity index (χ0v) is 19.7. The highest BCUT2D eigenvalue weighted by Gasteiger charge is 2.66. The summed E-state index contributed by atoms with van der Waals surface area (Å²) < 4.78 is 0. The van der Waals surface area contributed by atoms with E-state index >= 15 is 0 Å². The number of unbranched alkanes of at least 4 members (excludes halogenated alkanes) is 1. The Hall–Kier alpha value is -1.70. The van der Waals surface area contributed by atoms with E-state index in [1.165, 1.54) is 6.42 Å². The zero-order chi connectivity index (χ0) is 20.2. The van der Waals surface area contributed by atoms with Crippen LogP contribution in [0.4, 0.5) is 5.95 Å². The number of carbonyl (C=O) groups excluding carboxylic acids is 2. The molecular formula is C23H31Cl2N5O2. The third-order valence-corrected chi connectivity index (χ3v) is 8.07. The summed E-state index contributed by atoms with van der Waals surface area (Å²) in [6, 6.07) is 1.84. The maximum Gasteiger partial charge on any atom is 0.233 e. The van der Waals surface area contributed by atoms with Gasteiger partial charge in [-0.15, -0.1) is 24.8 Å². The van der Waals surface area contributed by atoms with E-state index in [1.54, 1.807) is 17.3 Å². The molecule has 0 aromatic carbocycles. The summed E-state index contributed by atoms with van der Waals surface area (Å²) in [5.41, 5.74) is 0. The van der Waals surface area contributed by atoms with Crippen LogP contribution in [0.25, 0.3) is 0 Å². The number of carbonyl (C=O) groups is 2. The third-order valence-electron chi connectivity index (χ3n) is 8.07. The fourth-order valence-corrected chi connectivity index (χ4v) is 6.47. The van der Waals surface area contributed by atoms with E-state index in [-0.39, 0.29) is 48.5 Å². The van der Waals surface area contributed by atoms with Crippen molar-refractivity contribution in [3.63, 3.8) is 0 Å². The van der Waals surface area contributed by atoms with Crippen molar-refractivity contribution in [2.45, 2.75) is 19.3 Å². The Bertz CT molecular complexity index is 840. The molecule has 6 aliphatic rings. The molecule has 2 saturated carbocycles. The average molecular weight is 480 g/mol. The van der Waals surface area contributed by atoms with Crippen molar-refractivity contribution in [2.75, 3.05) is 44.2 Å². The number of halogens is 2. The van der Waals surface area contributed by atoms with E-state index in [2.05, 4.69) is 31.9 Å². The monoisotopic (exact) mass is 479 g/mol. The average Bonchev–Trinajstić information content (AvgIpc) is 3.57. The molecule has 0 N–H and O–H groups in total. The number of piperazine rings is 1. The van der Waals surface area contributed by atoms with Crippen molar-refractivity contribution >= 4 is 42.6 Å². The fourth-order valence-electron chi connectivity index (χ4n) is 6.47. The van der Waals surface area contributed by atoms with Crippen LogP contribution >= 0.6 is 24.8 Å². The summed E-state index contributed by atoms with van der Waals surface area (Å²) in [5.74, 6) is 2.96. The van der Waals surface area contributed by atoms with Crippen LogP contribution in [0, 0.1) is 35.5 Å². The van der Waals surface area contributed by atoms with Crippen molar-refractivity contribution in [3.05, 3.63) is 30.6 Å². The van der Waals surface area contributed by atoms with Gasteiger partial charge in [0, 0.05) is 45.1 Å². The van der Waals surface area contributed by atoms with E-state index in [0.717, 1.165) is 51.5 Å². The van der Waals surface area contributed by atoms with Crippen molar-refractivity contribution < 1.29 is 9.59 Å². The third kappa shape index (κ3) is 3.82. The Balaban J connectivity index is 0.00000122. The minimum Gasteiger partial charge on any atom is -0.338 e. The van der Waals surface area contributed by atoms with Gasteiger partial charge >= 0.3 is 0 Å². The summed E-state index contributed by atoms with van der Waals surface area (Å²) in [5, 5.41) is 0. The van der Waals surface area contributed by atoms with Gasteiger partial charge in [-0.1, -0.05) is 12.2 Å². The largest absolute Gasteiger partial charge is 0.338 e. The van der Waals surface area contributed by atoms with Gasteiger partial charge in [-0.25, -0.2) is 9.97 Å². The summed E-state index contributed by atoms with van der Waals surface area (Å²) >= 11 is 0. The lowest BCUT2D eigenvalue weighted by Crippen LogP contribution is -2.47. The number of allylic oxidation sites excluding steroid dienone is 2. The molecule has 174 valence electrons. The van der Waals surface area contributed by atoms with E-state index in [1.807, 2.05) is 6.07 Å². The number of hydrogen-bond acceptors (Lipinski definition) is 6. The van der Waals surface area contributed by atoms with Crippen molar-refractivity contribution in [2.24, 2.45) is 35.5 Å². The first-order chi connectivity index (χ1) is 14.7. The number of rotatable bonds is 6. The molecular weight excluding hydrogens is 449 g/mol. The number of amides is 2. The van der Waals surface area contributed by atoms with Crippen LogP contribution in [0.15, 0.2) is 30.6 Å². The van der Waals surface area contributed by atoms with E-state index < -0.39 is 0 Å². The maximum atomic E-state index is 13.0. The van der Waals surface area contributed by atoms with Crippen LogP contribution in [0.3, 0.4) is 0 Å². The Morgan fingerprint density at radius 1 is 0.812 bits per heavy atom. The van der Waals surface area contributed by atoms with Gasteiger partial charge in [0.25, 0.3) is 0 Å². The smallest absolute Gasteiger partial charge is 0.233 e. The predicted octanol–water partition coefficient (Wildman–Crippen LogP) is 2.28. The predicted molar refractivity (Wildman–Crippen MR) is 126 cm³/mol. The van der Waals surface area contributed by atoms with Gasteiger partial charge in [0.05, 0.1) is 11.8 Å². The van der Waals surface area contributed by atoms with Gasteiger partial charge in [-0.2, -0.15) is 0 Å². The molecule has 9 heteroatoms. The molecule has 2 aliphatic heterocycles. The van der Waals surface area contributed by atoms with Gasteiger partial charge in [-0.3, -0.25) is 19.4 Å². The Morgan fingerprint density at radius 2 is 1.38 bits per heavy atom. The lowest BCUT2D eigenvalue weighted by atomic mass is 9.63. The van der Waals surface area contributed by atoms with E-state index in [9.17, 15) is 9.59 Å². The van der Waals surface area contributed by atoms with E-state index in [4.69, 9.17) is 0 Å². The SMILES string of the molecule is Cl.Cl.O=C1C2C3C=CC(C4CC34)C2C(=O)N1CCCCN1CCN(c2ncccn2)CC1. The molecule has 6 unspecified atom stereocenters. The highest BCUT2D eigenvalue weighted by molar-refractivity contribution is 6.06. The second-order valence-electron chi connectivity index (χ2n) is 9.57. The van der Waals surface area contributed by atoms with Crippen molar-refractivity contribution in [1.82, 2.24) is 19.8 Å². The summed E-state index contributed by atoms with van der Waals surface area (Å²) in [4.78, 5) is 41.0. The highest BCUT2D eigenvalue weighted by atomic mass is 35.5. The summed E-state index contributed by atoms with van der Waals surface area (Å²) in [6.07, 6.45) is 11.2. The number of hydrogen-bond donors (Lipinski definition) is 0. The second kappa shape index (κ2) is 9.27. The minimum absolute atomic E-state index is 0. The number of imide groups is 1. The molecule has 2 bridgehead atoms. The van der Waals surface area contributed by atoms with Crippen LogP contribution in [-0.2, 0) is 9.59 Å². The number of nitrogens with zero attached hydrogens (tertiary/aromatic N) is 5. The van der Waals surface area contributed by atoms with E-state index in [0.29, 0.717) is 30.2 Å². The van der Waals surface area contributed by atoms with Crippen LogP contribution in [-0.4, -0.2) is 70.9 Å². The molecule has 1 aromatic rings. The van der Waals surface area contributed by atoms with Crippen molar-refractivity contribution in [1.29, 1.82) is 0 Å². The van der Waals surface area contributed by atoms with Crippen LogP contribution in [0.2, 0.25) is 0 Å². The fraction of sp³-hybridized carbons (Fsp3) is 0.652. The number of anilines is 1. The van der Waals surface area contributed by atoms with Gasteiger partial charge in [0.2, 0.25) is 17.8 Å². The molecule has 0 spiro atoms. The molecule has 0 radical (unpaired) electrons.